The van der Waals surface area contributed by atoms with E-state index in [1.54, 1.807) is 30.3 Å². The fourth-order valence-electron chi connectivity index (χ4n) is 6.69. The summed E-state index contributed by atoms with van der Waals surface area (Å²) in [7, 11) is 0. The van der Waals surface area contributed by atoms with Crippen LogP contribution < -0.4 is 9.47 Å². The predicted molar refractivity (Wildman–Crippen MR) is 161 cm³/mol. The van der Waals surface area contributed by atoms with Crippen molar-refractivity contribution in [2.24, 2.45) is 16.9 Å². The Kier molecular flexibility index (Phi) is 6.76. The SMILES string of the molecule is CCOc1cc(/C=N/N2C(=O)C3C4c5ccccc5C(c5ccccc54)C3C2=O)ccc1OCc1ccc(Cl)cc1Cl. The molecule has 1 saturated heterocycles. The molecule has 0 radical (unpaired) electrons. The number of carbonyl (C=O) groups is 2. The van der Waals surface area contributed by atoms with Crippen molar-refractivity contribution in [3.8, 4) is 11.5 Å². The molecule has 8 heteroatoms. The highest BCUT2D eigenvalue weighted by Gasteiger charge is 2.61. The van der Waals surface area contributed by atoms with Crippen LogP contribution in [0, 0.1) is 11.8 Å². The Hall–Kier alpha value is -4.13. The number of hydrogen-bond acceptors (Lipinski definition) is 5. The highest BCUT2D eigenvalue weighted by Crippen LogP contribution is 2.61. The maximum absolute atomic E-state index is 13.8. The maximum Gasteiger partial charge on any atom is 0.254 e. The van der Waals surface area contributed by atoms with Gasteiger partial charge in [0.15, 0.2) is 11.5 Å². The van der Waals surface area contributed by atoms with E-state index in [1.807, 2.05) is 37.3 Å². The van der Waals surface area contributed by atoms with Gasteiger partial charge >= 0.3 is 0 Å². The first kappa shape index (κ1) is 26.7. The molecule has 0 N–H and O–H groups in total. The number of benzene rings is 4. The van der Waals surface area contributed by atoms with E-state index >= 15 is 0 Å². The summed E-state index contributed by atoms with van der Waals surface area (Å²) in [5, 5.41) is 6.57. The predicted octanol–water partition coefficient (Wildman–Crippen LogP) is 7.20. The molecule has 2 amide bonds. The quantitative estimate of drug-likeness (QED) is 0.167. The monoisotopic (exact) mass is 596 g/mol. The normalized spacial score (nSPS) is 21.8. The highest BCUT2D eigenvalue weighted by atomic mass is 35.5. The molecule has 2 bridgehead atoms. The van der Waals surface area contributed by atoms with Gasteiger partial charge in [-0.3, -0.25) is 9.59 Å². The topological polar surface area (TPSA) is 68.2 Å². The minimum absolute atomic E-state index is 0.167. The van der Waals surface area contributed by atoms with Crippen molar-refractivity contribution in [1.29, 1.82) is 0 Å². The molecule has 3 aliphatic carbocycles. The summed E-state index contributed by atoms with van der Waals surface area (Å²) in [6, 6.07) is 27.0. The Labute approximate surface area is 253 Å². The van der Waals surface area contributed by atoms with Gasteiger partial charge in [0.2, 0.25) is 0 Å². The molecule has 4 aromatic rings. The molecule has 2 unspecified atom stereocenters. The van der Waals surface area contributed by atoms with Gasteiger partial charge in [-0.25, -0.2) is 0 Å². The van der Waals surface area contributed by atoms with E-state index in [9.17, 15) is 9.59 Å². The Morgan fingerprint density at radius 3 is 1.90 bits per heavy atom. The lowest BCUT2D eigenvalue weighted by atomic mass is 9.55. The molecule has 4 aromatic carbocycles. The molecule has 1 aliphatic heterocycles. The van der Waals surface area contributed by atoms with Gasteiger partial charge < -0.3 is 9.47 Å². The third kappa shape index (κ3) is 4.29. The number of hydrogen-bond donors (Lipinski definition) is 0. The summed E-state index contributed by atoms with van der Waals surface area (Å²) in [6.07, 6.45) is 1.53. The van der Waals surface area contributed by atoms with Gasteiger partial charge in [0.1, 0.15) is 6.61 Å². The minimum Gasteiger partial charge on any atom is -0.490 e. The van der Waals surface area contributed by atoms with Gasteiger partial charge in [-0.2, -0.15) is 10.1 Å². The zero-order valence-corrected chi connectivity index (χ0v) is 24.2. The van der Waals surface area contributed by atoms with Gasteiger partial charge in [-0.15, -0.1) is 0 Å². The third-order valence-corrected chi connectivity index (χ3v) is 9.00. The first-order valence-corrected chi connectivity index (χ1v) is 14.6. The molecule has 8 rings (SSSR count). The van der Waals surface area contributed by atoms with Crippen molar-refractivity contribution in [3.63, 3.8) is 0 Å². The van der Waals surface area contributed by atoms with Gasteiger partial charge in [-0.1, -0.05) is 77.8 Å². The van der Waals surface area contributed by atoms with Gasteiger partial charge in [0.25, 0.3) is 11.8 Å². The van der Waals surface area contributed by atoms with Crippen LogP contribution in [-0.2, 0) is 16.2 Å². The van der Waals surface area contributed by atoms with Crippen LogP contribution in [0.2, 0.25) is 10.0 Å². The Morgan fingerprint density at radius 2 is 1.36 bits per heavy atom. The van der Waals surface area contributed by atoms with Crippen LogP contribution in [0.1, 0.15) is 52.1 Å². The van der Waals surface area contributed by atoms with Crippen molar-refractivity contribution >= 4 is 41.2 Å². The summed E-state index contributed by atoms with van der Waals surface area (Å²) in [6.45, 7) is 2.54. The standard InChI is InChI=1S/C34H26Cl2N2O4/c1-2-41-28-15-19(11-14-27(28)42-18-20-12-13-21(35)16-26(20)36)17-37-38-33(39)31-29-22-7-3-4-8-23(22)30(32(31)34(38)40)25-10-6-5-9-24(25)29/h3-17,29-32H,2,18H2,1H3/b37-17+. The van der Waals surface area contributed by atoms with Crippen molar-refractivity contribution in [2.75, 3.05) is 6.61 Å². The highest BCUT2D eigenvalue weighted by molar-refractivity contribution is 6.35. The van der Waals surface area contributed by atoms with Crippen LogP contribution in [0.3, 0.4) is 0 Å². The van der Waals surface area contributed by atoms with Gasteiger partial charge in [-0.05, 0) is 65.1 Å². The fourth-order valence-corrected chi connectivity index (χ4v) is 7.15. The van der Waals surface area contributed by atoms with E-state index in [1.165, 1.54) is 6.21 Å². The van der Waals surface area contributed by atoms with Crippen molar-refractivity contribution < 1.29 is 19.1 Å². The van der Waals surface area contributed by atoms with E-state index in [4.69, 9.17) is 32.7 Å². The molecule has 1 fully saturated rings. The third-order valence-electron chi connectivity index (χ3n) is 8.41. The van der Waals surface area contributed by atoms with Gasteiger partial charge in [0, 0.05) is 27.4 Å². The molecule has 2 atom stereocenters. The van der Waals surface area contributed by atoms with Crippen molar-refractivity contribution in [1.82, 2.24) is 5.01 Å². The zero-order valence-electron chi connectivity index (χ0n) is 22.7. The second kappa shape index (κ2) is 10.6. The number of halogens is 2. The second-order valence-corrected chi connectivity index (χ2v) is 11.5. The fraction of sp³-hybridized carbons (Fsp3) is 0.206. The summed E-state index contributed by atoms with van der Waals surface area (Å²) >= 11 is 12.3. The lowest BCUT2D eigenvalue weighted by molar-refractivity contribution is -0.139. The smallest absolute Gasteiger partial charge is 0.254 e. The Balaban J connectivity index is 1.15. The van der Waals surface area contributed by atoms with E-state index in [2.05, 4.69) is 29.4 Å². The maximum atomic E-state index is 13.8. The van der Waals surface area contributed by atoms with E-state index < -0.39 is 11.8 Å². The van der Waals surface area contributed by atoms with E-state index in [0.29, 0.717) is 33.7 Å². The van der Waals surface area contributed by atoms with Crippen LogP contribution in [-0.4, -0.2) is 29.6 Å². The molecule has 210 valence electrons. The zero-order chi connectivity index (χ0) is 29.0. The molecule has 0 aromatic heterocycles. The van der Waals surface area contributed by atoms with Crippen LogP contribution in [0.4, 0.5) is 0 Å². The molecule has 0 spiro atoms. The van der Waals surface area contributed by atoms with E-state index in [0.717, 1.165) is 32.8 Å². The van der Waals surface area contributed by atoms with Crippen molar-refractivity contribution in [2.45, 2.75) is 25.4 Å². The summed E-state index contributed by atoms with van der Waals surface area (Å²) in [5.74, 6) is -0.749. The molecule has 6 nitrogen and oxygen atoms in total. The average Bonchev–Trinajstić information content (AvgIpc) is 3.26. The van der Waals surface area contributed by atoms with Crippen LogP contribution >= 0.6 is 23.2 Å². The van der Waals surface area contributed by atoms with Crippen molar-refractivity contribution in [3.05, 3.63) is 128 Å². The lowest BCUT2D eigenvalue weighted by Gasteiger charge is -2.45. The number of hydrazone groups is 1. The average molecular weight is 597 g/mol. The van der Waals surface area contributed by atoms with Gasteiger partial charge in [0.05, 0.1) is 24.7 Å². The number of amides is 2. The molecular weight excluding hydrogens is 571 g/mol. The summed E-state index contributed by atoms with van der Waals surface area (Å²) in [4.78, 5) is 27.6. The number of rotatable bonds is 7. The number of carbonyl (C=O) groups excluding carboxylic acids is 2. The molecular formula is C34H26Cl2N2O4. The first-order chi connectivity index (χ1) is 20.5. The largest absolute Gasteiger partial charge is 0.490 e. The lowest BCUT2D eigenvalue weighted by Crippen LogP contribution is -2.41. The summed E-state index contributed by atoms with van der Waals surface area (Å²) in [5.41, 5.74) is 5.98. The number of ether oxygens (including phenoxy) is 2. The molecule has 1 heterocycles. The minimum atomic E-state index is -0.473. The van der Waals surface area contributed by atoms with Crippen LogP contribution in [0.25, 0.3) is 0 Å². The second-order valence-electron chi connectivity index (χ2n) is 10.7. The van der Waals surface area contributed by atoms with Crippen LogP contribution in [0.5, 0.6) is 11.5 Å². The number of nitrogens with zero attached hydrogens (tertiary/aromatic N) is 2. The first-order valence-electron chi connectivity index (χ1n) is 13.9. The summed E-state index contributed by atoms with van der Waals surface area (Å²) < 4.78 is 11.8. The Bertz CT molecular complexity index is 1650. The van der Waals surface area contributed by atoms with Crippen LogP contribution in [0.15, 0.2) is 90.0 Å². The number of imide groups is 1. The Morgan fingerprint density at radius 1 is 0.762 bits per heavy atom. The molecule has 0 saturated carbocycles. The molecule has 4 aliphatic rings. The van der Waals surface area contributed by atoms with E-state index in [-0.39, 0.29) is 30.3 Å². The molecule has 42 heavy (non-hydrogen) atoms.